The Kier molecular flexibility index (Phi) is 11.2. The number of alkyl halides is 2. The van der Waals surface area contributed by atoms with Gasteiger partial charge in [0, 0.05) is 31.7 Å². The van der Waals surface area contributed by atoms with E-state index >= 15 is 0 Å². The topological polar surface area (TPSA) is 115 Å². The second-order valence-corrected chi connectivity index (χ2v) is 9.32. The highest BCUT2D eigenvalue weighted by Gasteiger charge is 2.25. The Labute approximate surface area is 216 Å². The quantitative estimate of drug-likeness (QED) is 0.267. The summed E-state index contributed by atoms with van der Waals surface area (Å²) in [4.78, 5) is 30.6. The molecule has 4 N–H and O–H groups in total. The van der Waals surface area contributed by atoms with E-state index in [0.717, 1.165) is 50.2 Å². The van der Waals surface area contributed by atoms with Crippen molar-refractivity contribution in [2.45, 2.75) is 63.5 Å². The predicted molar refractivity (Wildman–Crippen MR) is 137 cm³/mol. The van der Waals surface area contributed by atoms with Crippen LogP contribution < -0.4 is 10.6 Å². The third-order valence-electron chi connectivity index (χ3n) is 6.48. The molecule has 3 rings (SSSR count). The Hall–Kier alpha value is -3.11. The Morgan fingerprint density at radius 3 is 2.54 bits per heavy atom. The van der Waals surface area contributed by atoms with Crippen LogP contribution in [0.1, 0.15) is 55.0 Å². The second-order valence-electron chi connectivity index (χ2n) is 9.32. The molecular formula is C27H36F2N4O4. The van der Waals surface area contributed by atoms with Crippen LogP contribution in [0.25, 0.3) is 0 Å². The number of anilines is 1. The number of aromatic nitrogens is 1. The fraction of sp³-hybridized carbons (Fsp3) is 0.519. The molecule has 1 aromatic heterocycles. The fourth-order valence-electron chi connectivity index (χ4n) is 4.37. The van der Waals surface area contributed by atoms with Crippen molar-refractivity contribution in [3.8, 4) is 0 Å². The summed E-state index contributed by atoms with van der Waals surface area (Å²) in [5.41, 5.74) is 2.56. The number of carbonyl (C=O) groups is 2. The van der Waals surface area contributed by atoms with E-state index in [2.05, 4.69) is 21.7 Å². The first-order valence-electron chi connectivity index (χ1n) is 12.8. The summed E-state index contributed by atoms with van der Waals surface area (Å²) >= 11 is 0. The largest absolute Gasteiger partial charge is 0.480 e. The number of halogens is 2. The Bertz CT molecular complexity index is 1010. The van der Waals surface area contributed by atoms with E-state index in [-0.39, 0.29) is 25.9 Å². The lowest BCUT2D eigenvalue weighted by atomic mass is 10.1. The van der Waals surface area contributed by atoms with Gasteiger partial charge < -0.3 is 25.7 Å². The average molecular weight is 519 g/mol. The summed E-state index contributed by atoms with van der Waals surface area (Å²) in [6, 6.07) is 11.1. The molecule has 10 heteroatoms. The van der Waals surface area contributed by atoms with E-state index < -0.39 is 30.4 Å². The van der Waals surface area contributed by atoms with E-state index in [1.807, 2.05) is 11.0 Å². The molecule has 2 heterocycles. The number of aryl methyl sites for hydroxylation is 2. The maximum atomic E-state index is 12.9. The summed E-state index contributed by atoms with van der Waals surface area (Å²) in [6.07, 6.45) is 0.226. The minimum Gasteiger partial charge on any atom is -0.480 e. The standard InChI is InChI=1S/C27H36F2N4O4/c28-23(29)14-18-33(16-5-4-10-21-12-11-20-9-6-15-30-25(20)31-21)17-13-22(27(36)37)32-26(35)24(34)19-7-2-1-3-8-19/h1-3,7-8,11-12,22-24,34H,4-6,9-10,13-18H2,(H,30,31)(H,32,35)(H,36,37)/t22-,24+/m0/s1. The number of nitrogens with one attached hydrogen (secondary N) is 2. The highest BCUT2D eigenvalue weighted by Crippen LogP contribution is 2.20. The number of benzene rings is 1. The van der Waals surface area contributed by atoms with Gasteiger partial charge in [-0.1, -0.05) is 36.4 Å². The zero-order chi connectivity index (χ0) is 26.6. The molecule has 1 aromatic carbocycles. The summed E-state index contributed by atoms with van der Waals surface area (Å²) in [5, 5.41) is 25.5. The van der Waals surface area contributed by atoms with Gasteiger partial charge >= 0.3 is 5.97 Å². The molecule has 0 bridgehead atoms. The van der Waals surface area contributed by atoms with Crippen molar-refractivity contribution in [1.29, 1.82) is 0 Å². The van der Waals surface area contributed by atoms with Crippen LogP contribution in [0.2, 0.25) is 0 Å². The van der Waals surface area contributed by atoms with Crippen LogP contribution in [0.4, 0.5) is 14.6 Å². The van der Waals surface area contributed by atoms with Gasteiger partial charge in [-0.2, -0.15) is 0 Å². The predicted octanol–water partition coefficient (Wildman–Crippen LogP) is 3.41. The number of carbonyl (C=O) groups excluding carboxylic acids is 1. The zero-order valence-electron chi connectivity index (χ0n) is 20.9. The van der Waals surface area contributed by atoms with E-state index in [9.17, 15) is 28.6 Å². The fourth-order valence-corrected chi connectivity index (χ4v) is 4.37. The van der Waals surface area contributed by atoms with E-state index in [1.54, 1.807) is 30.3 Å². The SMILES string of the molecule is O=C(O)[C@H](CCN(CCCCc1ccc2c(n1)NCCC2)CCC(F)F)NC(=O)[C@H](O)c1ccccc1. The van der Waals surface area contributed by atoms with Gasteiger partial charge in [0.15, 0.2) is 6.10 Å². The van der Waals surface area contributed by atoms with Crippen LogP contribution in [0.15, 0.2) is 42.5 Å². The number of fused-ring (bicyclic) bond motifs is 1. The van der Waals surface area contributed by atoms with Crippen molar-refractivity contribution < 1.29 is 28.6 Å². The molecule has 0 aliphatic carbocycles. The molecule has 37 heavy (non-hydrogen) atoms. The smallest absolute Gasteiger partial charge is 0.326 e. The Morgan fingerprint density at radius 1 is 1.05 bits per heavy atom. The van der Waals surface area contributed by atoms with Crippen LogP contribution in [-0.2, 0) is 22.4 Å². The summed E-state index contributed by atoms with van der Waals surface area (Å²) in [6.45, 7) is 1.81. The molecular weight excluding hydrogens is 482 g/mol. The molecule has 0 spiro atoms. The lowest BCUT2D eigenvalue weighted by Gasteiger charge is -2.25. The summed E-state index contributed by atoms with van der Waals surface area (Å²) in [7, 11) is 0. The number of rotatable bonds is 15. The molecule has 0 saturated heterocycles. The number of carboxylic acids is 1. The van der Waals surface area contributed by atoms with Gasteiger partial charge in [0.25, 0.3) is 5.91 Å². The van der Waals surface area contributed by atoms with Crippen molar-refractivity contribution in [3.05, 3.63) is 59.3 Å². The minimum atomic E-state index is -2.45. The number of pyridine rings is 1. The Balaban J connectivity index is 1.49. The number of aliphatic carboxylic acids is 1. The lowest BCUT2D eigenvalue weighted by molar-refractivity contribution is -0.143. The van der Waals surface area contributed by atoms with Crippen molar-refractivity contribution >= 4 is 17.7 Å². The van der Waals surface area contributed by atoms with Crippen LogP contribution in [0.3, 0.4) is 0 Å². The highest BCUT2D eigenvalue weighted by atomic mass is 19.3. The number of aliphatic hydroxyl groups is 1. The molecule has 1 amide bonds. The second kappa shape index (κ2) is 14.6. The maximum absolute atomic E-state index is 12.9. The molecule has 0 unspecified atom stereocenters. The third-order valence-corrected chi connectivity index (χ3v) is 6.48. The minimum absolute atomic E-state index is 0.0316. The maximum Gasteiger partial charge on any atom is 0.326 e. The number of aliphatic hydroxyl groups excluding tert-OH is 1. The first-order valence-corrected chi connectivity index (χ1v) is 12.8. The van der Waals surface area contributed by atoms with Crippen LogP contribution in [0.5, 0.6) is 0 Å². The number of nitrogens with zero attached hydrogens (tertiary/aromatic N) is 2. The lowest BCUT2D eigenvalue weighted by Crippen LogP contribution is -2.45. The zero-order valence-corrected chi connectivity index (χ0v) is 20.9. The molecule has 2 atom stereocenters. The van der Waals surface area contributed by atoms with Gasteiger partial charge in [-0.3, -0.25) is 4.79 Å². The number of hydrogen-bond donors (Lipinski definition) is 4. The normalized spacial score (nSPS) is 14.6. The molecule has 1 aliphatic heterocycles. The van der Waals surface area contributed by atoms with Crippen molar-refractivity contribution in [3.63, 3.8) is 0 Å². The van der Waals surface area contributed by atoms with Gasteiger partial charge in [-0.05, 0) is 62.3 Å². The van der Waals surface area contributed by atoms with E-state index in [4.69, 9.17) is 0 Å². The monoisotopic (exact) mass is 518 g/mol. The van der Waals surface area contributed by atoms with Gasteiger partial charge in [0.1, 0.15) is 11.9 Å². The summed E-state index contributed by atoms with van der Waals surface area (Å²) in [5.74, 6) is -1.11. The van der Waals surface area contributed by atoms with Gasteiger partial charge in [-0.15, -0.1) is 0 Å². The van der Waals surface area contributed by atoms with Crippen molar-refractivity contribution in [2.24, 2.45) is 0 Å². The highest BCUT2D eigenvalue weighted by molar-refractivity contribution is 5.86. The molecule has 8 nitrogen and oxygen atoms in total. The van der Waals surface area contributed by atoms with Gasteiger partial charge in [-0.25, -0.2) is 18.6 Å². The van der Waals surface area contributed by atoms with Crippen LogP contribution >= 0.6 is 0 Å². The molecule has 202 valence electrons. The number of amides is 1. The molecule has 1 aliphatic rings. The van der Waals surface area contributed by atoms with Crippen molar-refractivity contribution in [1.82, 2.24) is 15.2 Å². The Morgan fingerprint density at radius 2 is 1.81 bits per heavy atom. The average Bonchev–Trinajstić information content (AvgIpc) is 2.90. The molecule has 0 radical (unpaired) electrons. The van der Waals surface area contributed by atoms with Gasteiger partial charge in [0.2, 0.25) is 6.43 Å². The van der Waals surface area contributed by atoms with E-state index in [1.165, 1.54) is 5.56 Å². The first kappa shape index (κ1) is 28.5. The van der Waals surface area contributed by atoms with Crippen LogP contribution in [-0.4, -0.2) is 70.6 Å². The molecule has 0 fully saturated rings. The number of carboxylic acid groups (broad SMARTS) is 1. The van der Waals surface area contributed by atoms with Crippen molar-refractivity contribution in [2.75, 3.05) is 31.5 Å². The number of hydrogen-bond acceptors (Lipinski definition) is 6. The summed E-state index contributed by atoms with van der Waals surface area (Å²) < 4.78 is 25.7. The molecule has 0 saturated carbocycles. The van der Waals surface area contributed by atoms with Gasteiger partial charge in [0.05, 0.1) is 0 Å². The van der Waals surface area contributed by atoms with E-state index in [0.29, 0.717) is 12.1 Å². The first-order chi connectivity index (χ1) is 17.8. The molecule has 2 aromatic rings. The third kappa shape index (κ3) is 9.36. The number of unbranched alkanes of at least 4 members (excludes halogenated alkanes) is 1. The van der Waals surface area contributed by atoms with Crippen LogP contribution in [0, 0.1) is 0 Å².